The average Bonchev–Trinajstić information content (AvgIpc) is 2.84. The lowest BCUT2D eigenvalue weighted by atomic mass is 9.86. The summed E-state index contributed by atoms with van der Waals surface area (Å²) in [6, 6.07) is 17.0. The van der Waals surface area contributed by atoms with E-state index in [-0.39, 0.29) is 24.2 Å². The largest absolute Gasteiger partial charge is 0.497 e. The zero-order valence-corrected chi connectivity index (χ0v) is 18.7. The van der Waals surface area contributed by atoms with Gasteiger partial charge in [-0.2, -0.15) is 5.26 Å². The minimum absolute atomic E-state index is 0.0211. The molecule has 1 atom stereocenters. The van der Waals surface area contributed by atoms with Gasteiger partial charge in [-0.15, -0.1) is 0 Å². The molecule has 4 rings (SSSR count). The Morgan fingerprint density at radius 3 is 2.72 bits per heavy atom. The monoisotopic (exact) mass is 449 g/mol. The van der Waals surface area contributed by atoms with E-state index in [4.69, 9.17) is 9.47 Å². The lowest BCUT2D eigenvalue weighted by Gasteiger charge is -2.42. The number of nitrogens with zero attached hydrogens (tertiary/aromatic N) is 3. The average molecular weight is 450 g/mol. The zero-order valence-electron chi connectivity index (χ0n) is 17.9. The highest BCUT2D eigenvalue weighted by molar-refractivity contribution is 8.03. The van der Waals surface area contributed by atoms with Crippen LogP contribution in [0, 0.1) is 11.3 Å². The highest BCUT2D eigenvalue weighted by Gasteiger charge is 2.38. The third kappa shape index (κ3) is 4.16. The first kappa shape index (κ1) is 21.8. The molecule has 2 aromatic carbocycles. The van der Waals surface area contributed by atoms with Gasteiger partial charge >= 0.3 is 5.97 Å². The van der Waals surface area contributed by atoms with Crippen LogP contribution in [0.2, 0.25) is 0 Å². The number of hydrogen-bond acceptors (Lipinski definition) is 7. The normalized spacial score (nSPS) is 18.2. The molecule has 0 spiro atoms. The number of hydrogen-bond donors (Lipinski definition) is 0. The Morgan fingerprint density at radius 1 is 1.25 bits per heavy atom. The molecule has 0 saturated carbocycles. The molecule has 164 valence electrons. The van der Waals surface area contributed by atoms with Crippen LogP contribution in [-0.2, 0) is 9.53 Å². The zero-order chi connectivity index (χ0) is 22.7. The second-order valence-corrected chi connectivity index (χ2v) is 8.34. The first-order valence-electron chi connectivity index (χ1n) is 10.3. The number of thioether (sulfide) groups is 1. The summed E-state index contributed by atoms with van der Waals surface area (Å²) in [5.41, 5.74) is 2.90. The Bertz CT molecular complexity index is 1110. The molecule has 2 aliphatic rings. The van der Waals surface area contributed by atoms with E-state index in [0.717, 1.165) is 16.3 Å². The summed E-state index contributed by atoms with van der Waals surface area (Å²) in [7, 11) is 1.60. The number of carbonyl (C=O) groups excluding carboxylic acids is 2. The van der Waals surface area contributed by atoms with Gasteiger partial charge in [-0.1, -0.05) is 23.9 Å². The maximum absolute atomic E-state index is 13.1. The van der Waals surface area contributed by atoms with Crippen LogP contribution >= 0.6 is 11.8 Å². The Hall–Kier alpha value is -3.44. The molecule has 2 aliphatic heterocycles. The number of allylic oxidation sites excluding steroid dienone is 1. The molecule has 0 N–H and O–H groups in total. The Morgan fingerprint density at radius 2 is 2.03 bits per heavy atom. The summed E-state index contributed by atoms with van der Waals surface area (Å²) in [6.07, 6.45) is 0.232. The molecule has 0 bridgehead atoms. The highest BCUT2D eigenvalue weighted by atomic mass is 32.2. The van der Waals surface area contributed by atoms with Crippen molar-refractivity contribution >= 4 is 29.3 Å². The fourth-order valence-electron chi connectivity index (χ4n) is 3.89. The van der Waals surface area contributed by atoms with Crippen molar-refractivity contribution in [3.05, 3.63) is 70.3 Å². The van der Waals surface area contributed by atoms with Crippen molar-refractivity contribution in [3.8, 4) is 11.8 Å². The molecule has 8 heteroatoms. The molecular weight excluding hydrogens is 426 g/mol. The summed E-state index contributed by atoms with van der Waals surface area (Å²) >= 11 is 1.48. The van der Waals surface area contributed by atoms with E-state index >= 15 is 0 Å². The quantitative estimate of drug-likeness (QED) is 0.636. The number of anilines is 1. The van der Waals surface area contributed by atoms with Crippen molar-refractivity contribution in [3.63, 3.8) is 0 Å². The SMILES string of the molecule is CCOC(=O)c1ccc(N2CSC3=C(C#N)[C@H](c4cccc(OC)c4)CC(=O)N3C2)cc1. The van der Waals surface area contributed by atoms with E-state index < -0.39 is 0 Å². The standard InChI is InChI=1S/C24H23N3O4S/c1-3-31-24(29)16-7-9-18(10-8-16)26-14-27-22(28)12-20(21(13-25)23(27)32-15-26)17-5-4-6-19(11-17)30-2/h4-11,20H,3,12,14-15H2,1-2H3/t20-/m0/s1. The molecule has 0 aliphatic carbocycles. The van der Waals surface area contributed by atoms with Gasteiger partial charge in [0.25, 0.3) is 0 Å². The molecule has 1 saturated heterocycles. The van der Waals surface area contributed by atoms with E-state index in [1.807, 2.05) is 41.3 Å². The van der Waals surface area contributed by atoms with Gasteiger partial charge in [0.05, 0.1) is 48.5 Å². The summed E-state index contributed by atoms with van der Waals surface area (Å²) in [5, 5.41) is 10.7. The molecule has 1 fully saturated rings. The number of rotatable bonds is 5. The second-order valence-electron chi connectivity index (χ2n) is 7.41. The van der Waals surface area contributed by atoms with Crippen molar-refractivity contribution < 1.29 is 19.1 Å². The van der Waals surface area contributed by atoms with E-state index in [9.17, 15) is 14.9 Å². The predicted molar refractivity (Wildman–Crippen MR) is 122 cm³/mol. The molecule has 2 heterocycles. The molecule has 7 nitrogen and oxygen atoms in total. The number of amides is 1. The fraction of sp³-hybridized carbons (Fsp3) is 0.292. The Labute approximate surface area is 191 Å². The minimum Gasteiger partial charge on any atom is -0.497 e. The Balaban J connectivity index is 1.57. The topological polar surface area (TPSA) is 82.9 Å². The Kier molecular flexibility index (Phi) is 6.37. The fourth-order valence-corrected chi connectivity index (χ4v) is 5.06. The van der Waals surface area contributed by atoms with E-state index in [1.165, 1.54) is 11.8 Å². The lowest BCUT2D eigenvalue weighted by Crippen LogP contribution is -2.47. The van der Waals surface area contributed by atoms with Crippen LogP contribution in [0.3, 0.4) is 0 Å². The number of nitriles is 1. The summed E-state index contributed by atoms with van der Waals surface area (Å²) < 4.78 is 10.3. The number of carbonyl (C=O) groups is 2. The van der Waals surface area contributed by atoms with Crippen LogP contribution in [0.15, 0.2) is 59.1 Å². The summed E-state index contributed by atoms with van der Waals surface area (Å²) in [5.74, 6) is 0.636. The van der Waals surface area contributed by atoms with Gasteiger partial charge in [-0.05, 0) is 48.9 Å². The predicted octanol–water partition coefficient (Wildman–Crippen LogP) is 4.09. The number of ether oxygens (including phenoxy) is 2. The molecule has 0 unspecified atom stereocenters. The molecule has 2 aromatic rings. The number of esters is 1. The summed E-state index contributed by atoms with van der Waals surface area (Å²) in [4.78, 5) is 28.7. The van der Waals surface area contributed by atoms with Crippen molar-refractivity contribution in [1.29, 1.82) is 5.26 Å². The first-order valence-corrected chi connectivity index (χ1v) is 11.3. The van der Waals surface area contributed by atoms with Gasteiger partial charge in [-0.3, -0.25) is 9.69 Å². The molecule has 0 radical (unpaired) electrons. The smallest absolute Gasteiger partial charge is 0.338 e. The van der Waals surface area contributed by atoms with Crippen LogP contribution in [0.5, 0.6) is 5.75 Å². The van der Waals surface area contributed by atoms with Crippen LogP contribution in [-0.4, -0.2) is 43.0 Å². The number of methoxy groups -OCH3 is 1. The highest BCUT2D eigenvalue weighted by Crippen LogP contribution is 2.43. The van der Waals surface area contributed by atoms with Gasteiger partial charge in [0, 0.05) is 18.0 Å². The minimum atomic E-state index is -0.356. The molecule has 0 aromatic heterocycles. The van der Waals surface area contributed by atoms with Crippen LogP contribution in [0.4, 0.5) is 5.69 Å². The van der Waals surface area contributed by atoms with Gasteiger partial charge in [0.2, 0.25) is 5.91 Å². The van der Waals surface area contributed by atoms with E-state index in [1.54, 1.807) is 31.1 Å². The van der Waals surface area contributed by atoms with Gasteiger partial charge < -0.3 is 14.4 Å². The van der Waals surface area contributed by atoms with Crippen molar-refractivity contribution in [1.82, 2.24) is 4.90 Å². The second kappa shape index (κ2) is 9.37. The van der Waals surface area contributed by atoms with Crippen LogP contribution < -0.4 is 9.64 Å². The third-order valence-electron chi connectivity index (χ3n) is 5.53. The molecule has 1 amide bonds. The van der Waals surface area contributed by atoms with E-state index in [2.05, 4.69) is 6.07 Å². The number of benzene rings is 2. The first-order chi connectivity index (χ1) is 15.5. The van der Waals surface area contributed by atoms with Crippen LogP contribution in [0.25, 0.3) is 0 Å². The van der Waals surface area contributed by atoms with Crippen molar-refractivity contribution in [2.45, 2.75) is 19.3 Å². The van der Waals surface area contributed by atoms with Crippen molar-refractivity contribution in [2.75, 3.05) is 31.2 Å². The van der Waals surface area contributed by atoms with Crippen LogP contribution in [0.1, 0.15) is 35.2 Å². The number of fused-ring (bicyclic) bond motifs is 1. The molecular formula is C24H23N3O4S. The third-order valence-corrected chi connectivity index (χ3v) is 6.69. The van der Waals surface area contributed by atoms with Gasteiger partial charge in [0.1, 0.15) is 5.75 Å². The lowest BCUT2D eigenvalue weighted by molar-refractivity contribution is -0.129. The van der Waals surface area contributed by atoms with Gasteiger partial charge in [-0.25, -0.2) is 4.79 Å². The van der Waals surface area contributed by atoms with Gasteiger partial charge in [0.15, 0.2) is 0 Å². The maximum Gasteiger partial charge on any atom is 0.338 e. The summed E-state index contributed by atoms with van der Waals surface area (Å²) in [6.45, 7) is 2.45. The van der Waals surface area contributed by atoms with E-state index in [0.29, 0.717) is 36.0 Å². The maximum atomic E-state index is 13.1. The molecule has 32 heavy (non-hydrogen) atoms. The van der Waals surface area contributed by atoms with Crippen molar-refractivity contribution in [2.24, 2.45) is 0 Å².